The molecule has 0 bridgehead atoms. The summed E-state index contributed by atoms with van der Waals surface area (Å²) < 4.78 is 0. The van der Waals surface area contributed by atoms with E-state index in [1.54, 1.807) is 13.8 Å². The lowest BCUT2D eigenvalue weighted by Crippen LogP contribution is -2.14. The second-order valence-electron chi connectivity index (χ2n) is 6.55. The molecule has 0 aliphatic heterocycles. The maximum absolute atomic E-state index is 11.5. The summed E-state index contributed by atoms with van der Waals surface area (Å²) in [4.78, 5) is 23.0. The Morgan fingerprint density at radius 1 is 0.615 bits per heavy atom. The number of hydrogen-bond donors (Lipinski definition) is 0. The van der Waals surface area contributed by atoms with Crippen LogP contribution in [0.4, 0.5) is 0 Å². The Hall–Kier alpha value is -1.36. The van der Waals surface area contributed by atoms with Gasteiger partial charge in [-0.15, -0.1) is 0 Å². The van der Waals surface area contributed by atoms with Gasteiger partial charge in [-0.25, -0.2) is 0 Å². The first-order chi connectivity index (χ1) is 12.6. The molecule has 0 aliphatic rings. The number of benzene rings is 2. The summed E-state index contributed by atoms with van der Waals surface area (Å²) in [5, 5.41) is 2.77. The molecule has 2 unspecified atom stereocenters. The second kappa shape index (κ2) is 11.4. The minimum absolute atomic E-state index is 0.273. The summed E-state index contributed by atoms with van der Waals surface area (Å²) in [7, 11) is -0.654. The molecule has 0 heterocycles. The smallest absolute Gasteiger partial charge is 0.130 e. The molecule has 0 radical (unpaired) electrons. The van der Waals surface area contributed by atoms with Crippen LogP contribution >= 0.6 is 15.8 Å². The molecule has 2 aromatic rings. The fourth-order valence-electron chi connectivity index (χ4n) is 2.84. The largest absolute Gasteiger partial charge is 0.300 e. The minimum atomic E-state index is -0.327. The Kier molecular flexibility index (Phi) is 9.16. The molecular formula is C22H28O2P2. The van der Waals surface area contributed by atoms with E-state index in [0.717, 1.165) is 24.6 Å². The highest BCUT2D eigenvalue weighted by Crippen LogP contribution is 2.42. The van der Waals surface area contributed by atoms with Crippen molar-refractivity contribution in [3.63, 3.8) is 0 Å². The Morgan fingerprint density at radius 3 is 1.27 bits per heavy atom. The molecule has 0 aromatic heterocycles. The number of Topliss-reactive ketones (excluding diaryl/α,β-unsaturated/α-hetero) is 2. The Labute approximate surface area is 159 Å². The lowest BCUT2D eigenvalue weighted by Gasteiger charge is -2.23. The van der Waals surface area contributed by atoms with Gasteiger partial charge in [0.05, 0.1) is 0 Å². The Morgan fingerprint density at radius 2 is 0.962 bits per heavy atom. The van der Waals surface area contributed by atoms with Crippen molar-refractivity contribution in [2.75, 3.05) is 24.6 Å². The molecule has 2 atom stereocenters. The van der Waals surface area contributed by atoms with E-state index < -0.39 is 0 Å². The second-order valence-corrected chi connectivity index (χ2v) is 11.5. The third-order valence-electron chi connectivity index (χ3n) is 4.35. The molecule has 4 heteroatoms. The fourth-order valence-corrected chi connectivity index (χ4v) is 8.61. The van der Waals surface area contributed by atoms with Crippen LogP contribution in [-0.2, 0) is 9.59 Å². The molecule has 0 fully saturated rings. The third-order valence-corrected chi connectivity index (χ3v) is 9.81. The lowest BCUT2D eigenvalue weighted by molar-refractivity contribution is -0.117. The summed E-state index contributed by atoms with van der Waals surface area (Å²) in [5.41, 5.74) is 0. The first-order valence-electron chi connectivity index (χ1n) is 9.15. The van der Waals surface area contributed by atoms with E-state index in [2.05, 4.69) is 48.5 Å². The monoisotopic (exact) mass is 386 g/mol. The van der Waals surface area contributed by atoms with Gasteiger partial charge in [0.25, 0.3) is 0 Å². The van der Waals surface area contributed by atoms with Crippen molar-refractivity contribution in [3.8, 4) is 0 Å². The minimum Gasteiger partial charge on any atom is -0.300 e. The maximum atomic E-state index is 11.5. The average Bonchev–Trinajstić information content (AvgIpc) is 2.65. The highest BCUT2D eigenvalue weighted by Gasteiger charge is 2.17. The van der Waals surface area contributed by atoms with Crippen LogP contribution in [0.3, 0.4) is 0 Å². The van der Waals surface area contributed by atoms with Crippen LogP contribution in [0.25, 0.3) is 0 Å². The van der Waals surface area contributed by atoms with Gasteiger partial charge >= 0.3 is 0 Å². The molecule has 0 spiro atoms. The molecule has 2 nitrogen and oxygen atoms in total. The van der Waals surface area contributed by atoms with Crippen molar-refractivity contribution in [1.29, 1.82) is 0 Å². The van der Waals surface area contributed by atoms with E-state index in [-0.39, 0.29) is 27.4 Å². The van der Waals surface area contributed by atoms with Crippen LogP contribution in [-0.4, -0.2) is 36.2 Å². The summed E-state index contributed by atoms with van der Waals surface area (Å²) in [6.07, 6.45) is 5.53. The van der Waals surface area contributed by atoms with Gasteiger partial charge in [0.1, 0.15) is 11.6 Å². The van der Waals surface area contributed by atoms with Crippen molar-refractivity contribution in [2.45, 2.75) is 26.7 Å². The van der Waals surface area contributed by atoms with Crippen molar-refractivity contribution < 1.29 is 9.59 Å². The summed E-state index contributed by atoms with van der Waals surface area (Å²) in [6.45, 7) is 3.37. The van der Waals surface area contributed by atoms with Gasteiger partial charge in [0, 0.05) is 12.8 Å². The number of hydrogen-bond acceptors (Lipinski definition) is 2. The molecule has 0 saturated carbocycles. The van der Waals surface area contributed by atoms with E-state index in [1.807, 2.05) is 12.1 Å². The number of carbonyl (C=O) groups is 2. The predicted octanol–water partition coefficient (Wildman–Crippen LogP) is 4.56. The van der Waals surface area contributed by atoms with E-state index in [9.17, 15) is 9.59 Å². The number of ketones is 2. The van der Waals surface area contributed by atoms with Crippen molar-refractivity contribution in [1.82, 2.24) is 0 Å². The Bertz CT molecular complexity index is 624. The SMILES string of the molecule is CC(=O)CCP(CCP(CCC(C)=O)c1ccccc1)c1ccccc1. The molecule has 138 valence electrons. The third kappa shape index (κ3) is 7.48. The molecule has 0 aliphatic carbocycles. The quantitative estimate of drug-likeness (QED) is 0.531. The summed E-state index contributed by atoms with van der Waals surface area (Å²) in [6, 6.07) is 21.3. The molecule has 2 aromatic carbocycles. The normalized spacial score (nSPS) is 13.2. The number of rotatable bonds is 11. The van der Waals surface area contributed by atoms with Gasteiger partial charge in [-0.3, -0.25) is 0 Å². The van der Waals surface area contributed by atoms with Gasteiger partial charge in [0.15, 0.2) is 0 Å². The molecule has 0 amide bonds. The van der Waals surface area contributed by atoms with Crippen LogP contribution in [0.2, 0.25) is 0 Å². The van der Waals surface area contributed by atoms with Gasteiger partial charge < -0.3 is 9.59 Å². The van der Waals surface area contributed by atoms with Crippen LogP contribution in [0.1, 0.15) is 26.7 Å². The predicted molar refractivity (Wildman–Crippen MR) is 116 cm³/mol. The standard InChI is InChI=1S/C22H28O2P2/c1-19(23)13-15-25(21-9-5-3-6-10-21)17-18-26(16-14-20(2)24)22-11-7-4-8-12-22/h3-12H,13-18H2,1-2H3. The average molecular weight is 386 g/mol. The van der Waals surface area contributed by atoms with Gasteiger partial charge in [0.2, 0.25) is 0 Å². The van der Waals surface area contributed by atoms with E-state index in [4.69, 9.17) is 0 Å². The zero-order valence-corrected chi connectivity index (χ0v) is 17.5. The topological polar surface area (TPSA) is 34.1 Å². The first kappa shape index (κ1) is 20.9. The lowest BCUT2D eigenvalue weighted by atomic mass is 10.4. The van der Waals surface area contributed by atoms with Gasteiger partial charge in [-0.1, -0.05) is 76.5 Å². The van der Waals surface area contributed by atoms with Crippen LogP contribution in [0.5, 0.6) is 0 Å². The van der Waals surface area contributed by atoms with Gasteiger partial charge in [-0.05, 0) is 49.1 Å². The zero-order chi connectivity index (χ0) is 18.8. The molecular weight excluding hydrogens is 358 g/mol. The highest BCUT2D eigenvalue weighted by atomic mass is 31.1. The molecule has 0 N–H and O–H groups in total. The van der Waals surface area contributed by atoms with Crippen LogP contribution < -0.4 is 10.6 Å². The van der Waals surface area contributed by atoms with Crippen LogP contribution in [0, 0.1) is 0 Å². The van der Waals surface area contributed by atoms with E-state index in [0.29, 0.717) is 12.8 Å². The molecule has 26 heavy (non-hydrogen) atoms. The number of carbonyl (C=O) groups excluding carboxylic acids is 2. The summed E-state index contributed by atoms with van der Waals surface area (Å²) in [5.74, 6) is 0.547. The molecule has 0 saturated heterocycles. The van der Waals surface area contributed by atoms with E-state index >= 15 is 0 Å². The van der Waals surface area contributed by atoms with Crippen LogP contribution in [0.15, 0.2) is 60.7 Å². The van der Waals surface area contributed by atoms with Gasteiger partial charge in [-0.2, -0.15) is 0 Å². The molecule has 2 rings (SSSR count). The highest BCUT2D eigenvalue weighted by molar-refractivity contribution is 7.69. The Balaban J connectivity index is 2.08. The van der Waals surface area contributed by atoms with Crippen molar-refractivity contribution >= 4 is 38.0 Å². The summed E-state index contributed by atoms with van der Waals surface area (Å²) >= 11 is 0. The fraction of sp³-hybridized carbons (Fsp3) is 0.364. The van der Waals surface area contributed by atoms with E-state index in [1.165, 1.54) is 10.6 Å². The maximum Gasteiger partial charge on any atom is 0.130 e. The zero-order valence-electron chi connectivity index (χ0n) is 15.7. The first-order valence-corrected chi connectivity index (χ1v) is 12.6. The van der Waals surface area contributed by atoms with Crippen molar-refractivity contribution in [3.05, 3.63) is 60.7 Å². The van der Waals surface area contributed by atoms with Crippen molar-refractivity contribution in [2.24, 2.45) is 0 Å².